The zero-order valence-electron chi connectivity index (χ0n) is 17.4. The number of hydrogen-bond acceptors (Lipinski definition) is 5. The molecule has 30 heavy (non-hydrogen) atoms. The van der Waals surface area contributed by atoms with Crippen molar-refractivity contribution >= 4 is 15.9 Å². The van der Waals surface area contributed by atoms with Gasteiger partial charge in [0.05, 0.1) is 6.61 Å². The van der Waals surface area contributed by atoms with Gasteiger partial charge in [0.2, 0.25) is 0 Å². The molecule has 6 nitrogen and oxygen atoms in total. The zero-order valence-corrected chi connectivity index (χ0v) is 18.2. The lowest BCUT2D eigenvalue weighted by Gasteiger charge is -2.26. The van der Waals surface area contributed by atoms with Crippen molar-refractivity contribution in [1.29, 1.82) is 0 Å². The highest BCUT2D eigenvalue weighted by Crippen LogP contribution is 2.26. The van der Waals surface area contributed by atoms with Crippen LogP contribution in [0.1, 0.15) is 42.4 Å². The summed E-state index contributed by atoms with van der Waals surface area (Å²) in [4.78, 5) is 2.78. The normalized spacial score (nSPS) is 18.0. The Balaban J connectivity index is 1.25. The summed E-state index contributed by atoms with van der Waals surface area (Å²) in [6.07, 6.45) is 4.67. The fraction of sp³-hybridized carbons (Fsp3) is 0.435. The molecule has 0 aromatic heterocycles. The van der Waals surface area contributed by atoms with Crippen molar-refractivity contribution in [2.75, 3.05) is 26.2 Å². The molecular formula is C23H29N3O3S. The molecule has 1 saturated heterocycles. The Labute approximate surface area is 179 Å². The van der Waals surface area contributed by atoms with Gasteiger partial charge in [-0.3, -0.25) is 4.90 Å². The van der Waals surface area contributed by atoms with Gasteiger partial charge in [0.15, 0.2) is 0 Å². The topological polar surface area (TPSA) is 71.0 Å². The van der Waals surface area contributed by atoms with Gasteiger partial charge in [-0.1, -0.05) is 30.2 Å². The second kappa shape index (κ2) is 9.18. The molecule has 0 unspecified atom stereocenters. The van der Waals surface area contributed by atoms with Crippen LogP contribution in [-0.2, 0) is 16.6 Å². The average molecular weight is 428 g/mol. The summed E-state index contributed by atoms with van der Waals surface area (Å²) in [5.74, 6) is 1.31. The number of fused-ring (bicyclic) bond motifs is 1. The van der Waals surface area contributed by atoms with Crippen molar-refractivity contribution in [1.82, 2.24) is 10.2 Å². The van der Waals surface area contributed by atoms with Crippen LogP contribution >= 0.6 is 0 Å². The number of piperidine rings is 1. The quantitative estimate of drug-likeness (QED) is 0.685. The van der Waals surface area contributed by atoms with Crippen molar-refractivity contribution in [2.45, 2.75) is 44.0 Å². The molecule has 2 aromatic rings. The van der Waals surface area contributed by atoms with Gasteiger partial charge in [-0.05, 0) is 69.1 Å². The first kappa shape index (κ1) is 20.9. The van der Waals surface area contributed by atoms with Crippen LogP contribution in [0.4, 0.5) is 0 Å². The molecule has 160 valence electrons. The molecule has 0 spiro atoms. The molecule has 0 amide bonds. The van der Waals surface area contributed by atoms with Crippen LogP contribution in [0.3, 0.4) is 0 Å². The molecule has 0 radical (unpaired) electrons. The first-order valence-corrected chi connectivity index (χ1v) is 12.1. The van der Waals surface area contributed by atoms with E-state index in [-0.39, 0.29) is 4.90 Å². The summed E-state index contributed by atoms with van der Waals surface area (Å²) in [5, 5.41) is 3.16. The number of rotatable bonds is 7. The van der Waals surface area contributed by atoms with E-state index in [0.717, 1.165) is 24.3 Å². The predicted molar refractivity (Wildman–Crippen MR) is 119 cm³/mol. The van der Waals surface area contributed by atoms with Crippen molar-refractivity contribution in [2.24, 2.45) is 4.40 Å². The van der Waals surface area contributed by atoms with Gasteiger partial charge in [0, 0.05) is 18.7 Å². The Morgan fingerprint density at radius 1 is 1.10 bits per heavy atom. The summed E-state index contributed by atoms with van der Waals surface area (Å²) in [6, 6.07) is 13.6. The van der Waals surface area contributed by atoms with Gasteiger partial charge in [0.25, 0.3) is 10.0 Å². The van der Waals surface area contributed by atoms with Crippen LogP contribution in [0.15, 0.2) is 51.8 Å². The van der Waals surface area contributed by atoms with Crippen LogP contribution in [0.25, 0.3) is 0 Å². The van der Waals surface area contributed by atoms with E-state index < -0.39 is 10.0 Å². The number of likely N-dealkylation sites (tertiary alicyclic amines) is 1. The van der Waals surface area contributed by atoms with E-state index in [2.05, 4.69) is 26.7 Å². The summed E-state index contributed by atoms with van der Waals surface area (Å²) < 4.78 is 34.1. The summed E-state index contributed by atoms with van der Waals surface area (Å²) >= 11 is 0. The largest absolute Gasteiger partial charge is 0.494 e. The van der Waals surface area contributed by atoms with Crippen LogP contribution in [0.2, 0.25) is 0 Å². The minimum atomic E-state index is -3.58. The standard InChI is InChI=1S/C23H29N3O3S/c1-18-9-10-22-21(15-18)23(25-30(22,27)28)24-11-6-14-29-20-8-5-7-19(16-20)17-26-12-3-2-4-13-26/h5,7-10,15-16H,2-4,6,11-14,17H2,1H3,(H,24,25). The summed E-state index contributed by atoms with van der Waals surface area (Å²) in [6.45, 7) is 6.43. The maximum absolute atomic E-state index is 12.2. The Bertz CT molecular complexity index is 1030. The zero-order chi connectivity index (χ0) is 21.0. The molecule has 2 aromatic carbocycles. The third-order valence-corrected chi connectivity index (χ3v) is 6.85. The van der Waals surface area contributed by atoms with E-state index in [4.69, 9.17) is 4.74 Å². The van der Waals surface area contributed by atoms with Gasteiger partial charge < -0.3 is 10.1 Å². The van der Waals surface area contributed by atoms with E-state index in [1.807, 2.05) is 25.1 Å². The smallest absolute Gasteiger partial charge is 0.285 e. The maximum Gasteiger partial charge on any atom is 0.285 e. The second-order valence-electron chi connectivity index (χ2n) is 8.03. The molecule has 0 saturated carbocycles. The third-order valence-electron chi connectivity index (χ3n) is 5.52. The number of nitrogens with zero attached hydrogens (tertiary/aromatic N) is 2. The third kappa shape index (κ3) is 5.02. The summed E-state index contributed by atoms with van der Waals surface area (Å²) in [5.41, 5.74) is 2.94. The lowest BCUT2D eigenvalue weighted by atomic mass is 10.1. The highest BCUT2D eigenvalue weighted by Gasteiger charge is 2.28. The van der Waals surface area contributed by atoms with Crippen molar-refractivity contribution in [3.05, 3.63) is 59.2 Å². The van der Waals surface area contributed by atoms with E-state index in [0.29, 0.717) is 24.6 Å². The first-order valence-electron chi connectivity index (χ1n) is 10.7. The van der Waals surface area contributed by atoms with Crippen molar-refractivity contribution in [3.8, 4) is 5.75 Å². The minimum absolute atomic E-state index is 0.275. The van der Waals surface area contributed by atoms with E-state index >= 15 is 0 Å². The molecular weight excluding hydrogens is 398 g/mol. The van der Waals surface area contributed by atoms with Gasteiger partial charge >= 0.3 is 0 Å². The van der Waals surface area contributed by atoms with Gasteiger partial charge in [-0.15, -0.1) is 4.40 Å². The highest BCUT2D eigenvalue weighted by atomic mass is 32.2. The van der Waals surface area contributed by atoms with Gasteiger partial charge in [0.1, 0.15) is 16.5 Å². The second-order valence-corrected chi connectivity index (χ2v) is 9.60. The molecule has 1 N–H and O–H groups in total. The molecule has 1 fully saturated rings. The highest BCUT2D eigenvalue weighted by molar-refractivity contribution is 7.90. The number of hydrogen-bond donors (Lipinski definition) is 1. The lowest BCUT2D eigenvalue weighted by molar-refractivity contribution is 0.220. The van der Waals surface area contributed by atoms with E-state index in [1.165, 1.54) is 37.9 Å². The minimum Gasteiger partial charge on any atom is -0.494 e. The number of sulfonamides is 1. The van der Waals surface area contributed by atoms with Crippen LogP contribution in [-0.4, -0.2) is 45.4 Å². The SMILES string of the molecule is Cc1ccc2c(c1)C(NCCCOc1cccc(CN3CCCCC3)c1)=NS2(=O)=O. The van der Waals surface area contributed by atoms with Crippen LogP contribution in [0, 0.1) is 6.92 Å². The molecule has 0 bridgehead atoms. The maximum atomic E-state index is 12.2. The Morgan fingerprint density at radius 3 is 2.77 bits per heavy atom. The number of aryl methyl sites for hydroxylation is 1. The average Bonchev–Trinajstić information content (AvgIpc) is 2.98. The number of nitrogens with one attached hydrogen (secondary N) is 1. The van der Waals surface area contributed by atoms with Gasteiger partial charge in [-0.2, -0.15) is 8.42 Å². The number of benzene rings is 2. The van der Waals surface area contributed by atoms with Crippen LogP contribution < -0.4 is 10.1 Å². The Kier molecular flexibility index (Phi) is 6.39. The number of amidine groups is 1. The molecule has 2 aliphatic heterocycles. The Hall–Kier alpha value is -2.38. The Morgan fingerprint density at radius 2 is 1.93 bits per heavy atom. The van der Waals surface area contributed by atoms with E-state index in [1.54, 1.807) is 12.1 Å². The predicted octanol–water partition coefficient (Wildman–Crippen LogP) is 3.49. The van der Waals surface area contributed by atoms with Crippen molar-refractivity contribution < 1.29 is 13.2 Å². The van der Waals surface area contributed by atoms with E-state index in [9.17, 15) is 8.42 Å². The number of ether oxygens (including phenoxy) is 1. The molecule has 0 aliphatic carbocycles. The molecule has 0 atom stereocenters. The lowest BCUT2D eigenvalue weighted by Crippen LogP contribution is -2.29. The monoisotopic (exact) mass is 427 g/mol. The molecule has 7 heteroatoms. The fourth-order valence-corrected chi connectivity index (χ4v) is 5.15. The van der Waals surface area contributed by atoms with Crippen LogP contribution in [0.5, 0.6) is 5.75 Å². The van der Waals surface area contributed by atoms with Gasteiger partial charge in [-0.25, -0.2) is 0 Å². The molecule has 2 heterocycles. The van der Waals surface area contributed by atoms with Crippen molar-refractivity contribution in [3.63, 3.8) is 0 Å². The molecule has 2 aliphatic rings. The first-order chi connectivity index (χ1) is 14.5. The molecule has 4 rings (SSSR count). The summed E-state index contributed by atoms with van der Waals surface area (Å²) in [7, 11) is -3.58. The fourth-order valence-electron chi connectivity index (χ4n) is 3.98.